The molecular formula is C24H31F6N7O4. The summed E-state index contributed by atoms with van der Waals surface area (Å²) in [5.41, 5.74) is 3.52. The van der Waals surface area contributed by atoms with Crippen molar-refractivity contribution in [3.8, 4) is 0 Å². The van der Waals surface area contributed by atoms with Crippen molar-refractivity contribution >= 4 is 29.2 Å². The number of rotatable bonds is 8. The first kappa shape index (κ1) is 30.8. The van der Waals surface area contributed by atoms with Crippen molar-refractivity contribution in [2.45, 2.75) is 50.7 Å². The third kappa shape index (κ3) is 6.67. The standard InChI is InChI=1S/C24H31F6N7O4/c1-3-36-16-8-14(23(25,26)27)9-31-20(16)37-6-5-35(11-17(37)22(36)40)18(38)4-7-41-12-13(2)33-15-10-32-34-21(39)19(15)24(28,29)30/h8-9,13,15,17,19,32-33H,3-7,10-12H2,1-2H3,(H,34,39)/t13-,15?,17+,19?/m0/s1. The number of hydrogen-bond acceptors (Lipinski definition) is 8. The average molecular weight is 596 g/mol. The summed E-state index contributed by atoms with van der Waals surface area (Å²) in [5, 5.41) is 2.74. The SMILES string of the molecule is CCN1C(=O)[C@H]2CN(C(=O)CCOC[C@H](C)NC3CNNC(=O)C3C(F)(F)F)CCN2c2ncc(C(F)(F)F)cc21. The topological polar surface area (TPSA) is 119 Å². The Kier molecular flexibility index (Phi) is 8.98. The molecule has 3 amide bonds. The maximum absolute atomic E-state index is 13.3. The summed E-state index contributed by atoms with van der Waals surface area (Å²) >= 11 is 0. The highest BCUT2D eigenvalue weighted by atomic mass is 19.4. The van der Waals surface area contributed by atoms with Gasteiger partial charge in [0.25, 0.3) is 5.91 Å². The number of carbonyl (C=O) groups is 3. The van der Waals surface area contributed by atoms with Crippen LogP contribution < -0.4 is 26.0 Å². The number of ether oxygens (including phenoxy) is 1. The summed E-state index contributed by atoms with van der Waals surface area (Å²) in [6.07, 6.45) is -8.66. The molecule has 0 aliphatic carbocycles. The van der Waals surface area contributed by atoms with E-state index in [1.165, 1.54) is 9.80 Å². The molecule has 1 aromatic heterocycles. The predicted molar refractivity (Wildman–Crippen MR) is 132 cm³/mol. The third-order valence-corrected chi connectivity index (χ3v) is 7.24. The Morgan fingerprint density at radius 1 is 1.22 bits per heavy atom. The third-order valence-electron chi connectivity index (χ3n) is 7.24. The maximum atomic E-state index is 13.3. The van der Waals surface area contributed by atoms with Gasteiger partial charge in [-0.25, -0.2) is 10.4 Å². The second kappa shape index (κ2) is 12.0. The van der Waals surface area contributed by atoms with Crippen molar-refractivity contribution in [1.82, 2.24) is 26.1 Å². The number of pyridine rings is 1. The van der Waals surface area contributed by atoms with Crippen molar-refractivity contribution in [1.29, 1.82) is 0 Å². The van der Waals surface area contributed by atoms with Gasteiger partial charge >= 0.3 is 12.4 Å². The highest BCUT2D eigenvalue weighted by molar-refractivity contribution is 6.05. The first-order valence-electron chi connectivity index (χ1n) is 13.1. The van der Waals surface area contributed by atoms with Crippen LogP contribution in [0.3, 0.4) is 0 Å². The van der Waals surface area contributed by atoms with Crippen LogP contribution in [0, 0.1) is 5.92 Å². The molecule has 11 nitrogen and oxygen atoms in total. The van der Waals surface area contributed by atoms with Gasteiger partial charge in [0.1, 0.15) is 6.04 Å². The number of likely N-dealkylation sites (N-methyl/N-ethyl adjacent to an activating group) is 1. The molecule has 1 aromatic rings. The molecule has 2 saturated heterocycles. The second-order valence-electron chi connectivity index (χ2n) is 10.1. The van der Waals surface area contributed by atoms with Gasteiger partial charge in [-0.3, -0.25) is 19.8 Å². The molecule has 0 radical (unpaired) electrons. The molecule has 4 heterocycles. The van der Waals surface area contributed by atoms with Crippen LogP contribution in [-0.2, 0) is 25.3 Å². The summed E-state index contributed by atoms with van der Waals surface area (Å²) in [6.45, 7) is 3.60. The molecule has 0 bridgehead atoms. The average Bonchev–Trinajstić information content (AvgIpc) is 2.89. The number of amides is 3. The fourth-order valence-corrected chi connectivity index (χ4v) is 5.27. The molecule has 0 spiro atoms. The molecule has 41 heavy (non-hydrogen) atoms. The number of piperazine rings is 1. The van der Waals surface area contributed by atoms with E-state index in [-0.39, 0.29) is 69.8 Å². The lowest BCUT2D eigenvalue weighted by atomic mass is 9.96. The van der Waals surface area contributed by atoms with Gasteiger partial charge in [-0.2, -0.15) is 26.3 Å². The Morgan fingerprint density at radius 3 is 2.61 bits per heavy atom. The van der Waals surface area contributed by atoms with Gasteiger partial charge in [-0.05, 0) is 19.9 Å². The van der Waals surface area contributed by atoms with Crippen LogP contribution in [0.2, 0.25) is 0 Å². The van der Waals surface area contributed by atoms with Crippen LogP contribution in [0.25, 0.3) is 0 Å². The minimum Gasteiger partial charge on any atom is -0.379 e. The summed E-state index contributed by atoms with van der Waals surface area (Å²) in [4.78, 5) is 46.1. The van der Waals surface area contributed by atoms with E-state index < -0.39 is 53.8 Å². The molecule has 0 aromatic carbocycles. The van der Waals surface area contributed by atoms with Gasteiger partial charge in [-0.1, -0.05) is 0 Å². The zero-order valence-electron chi connectivity index (χ0n) is 22.3. The normalized spacial score (nSPS) is 24.1. The lowest BCUT2D eigenvalue weighted by molar-refractivity contribution is -0.193. The maximum Gasteiger partial charge on any atom is 0.417 e. The largest absolute Gasteiger partial charge is 0.417 e. The Balaban J connectivity index is 1.29. The van der Waals surface area contributed by atoms with Gasteiger partial charge in [0.15, 0.2) is 11.7 Å². The number of anilines is 2. The number of hydrogen-bond donors (Lipinski definition) is 3. The first-order chi connectivity index (χ1) is 19.2. The number of alkyl halides is 6. The molecule has 4 atom stereocenters. The number of nitrogens with zero attached hydrogens (tertiary/aromatic N) is 4. The number of hydrazine groups is 1. The minimum absolute atomic E-state index is 0.0152. The zero-order valence-corrected chi connectivity index (χ0v) is 22.3. The van der Waals surface area contributed by atoms with E-state index in [0.717, 1.165) is 12.3 Å². The van der Waals surface area contributed by atoms with Crippen LogP contribution in [0.5, 0.6) is 0 Å². The van der Waals surface area contributed by atoms with Crippen molar-refractivity contribution in [2.24, 2.45) is 5.92 Å². The zero-order chi connectivity index (χ0) is 30.1. The smallest absolute Gasteiger partial charge is 0.379 e. The van der Waals surface area contributed by atoms with Gasteiger partial charge in [-0.15, -0.1) is 0 Å². The van der Waals surface area contributed by atoms with Crippen LogP contribution in [-0.4, -0.2) is 97.8 Å². The molecule has 0 saturated carbocycles. The predicted octanol–water partition coefficient (Wildman–Crippen LogP) is 1.05. The first-order valence-corrected chi connectivity index (χ1v) is 13.1. The fourth-order valence-electron chi connectivity index (χ4n) is 5.27. The van der Waals surface area contributed by atoms with E-state index in [4.69, 9.17) is 4.74 Å². The molecule has 17 heteroatoms. The summed E-state index contributed by atoms with van der Waals surface area (Å²) < 4.78 is 85.1. The van der Waals surface area contributed by atoms with Crippen LogP contribution >= 0.6 is 0 Å². The minimum atomic E-state index is -4.72. The Morgan fingerprint density at radius 2 is 1.95 bits per heavy atom. The molecule has 3 N–H and O–H groups in total. The molecule has 228 valence electrons. The van der Waals surface area contributed by atoms with Gasteiger partial charge < -0.3 is 24.8 Å². The monoisotopic (exact) mass is 595 g/mol. The van der Waals surface area contributed by atoms with E-state index in [0.29, 0.717) is 0 Å². The number of nitrogens with one attached hydrogen (secondary N) is 3. The summed E-state index contributed by atoms with van der Waals surface area (Å²) in [5.74, 6) is -3.88. The second-order valence-corrected chi connectivity index (χ2v) is 10.1. The summed E-state index contributed by atoms with van der Waals surface area (Å²) in [6, 6.07) is -1.65. The quantitative estimate of drug-likeness (QED) is 0.302. The molecule has 2 fully saturated rings. The van der Waals surface area contributed by atoms with E-state index in [1.807, 2.05) is 5.43 Å². The van der Waals surface area contributed by atoms with Crippen molar-refractivity contribution in [3.63, 3.8) is 0 Å². The Labute approximate surface area is 231 Å². The van der Waals surface area contributed by atoms with Gasteiger partial charge in [0.05, 0.1) is 37.4 Å². The number of aromatic nitrogens is 1. The molecule has 3 aliphatic rings. The molecular weight excluding hydrogens is 564 g/mol. The number of fused-ring (bicyclic) bond motifs is 3. The van der Waals surface area contributed by atoms with E-state index in [9.17, 15) is 40.7 Å². The van der Waals surface area contributed by atoms with E-state index in [2.05, 4.69) is 15.7 Å². The van der Waals surface area contributed by atoms with E-state index in [1.54, 1.807) is 18.7 Å². The van der Waals surface area contributed by atoms with Crippen molar-refractivity contribution < 1.29 is 45.5 Å². The van der Waals surface area contributed by atoms with Crippen LogP contribution in [0.1, 0.15) is 25.8 Å². The van der Waals surface area contributed by atoms with Crippen LogP contribution in [0.4, 0.5) is 37.8 Å². The molecule has 3 aliphatic heterocycles. The molecule has 2 unspecified atom stereocenters. The van der Waals surface area contributed by atoms with Crippen molar-refractivity contribution in [2.75, 3.05) is 55.7 Å². The van der Waals surface area contributed by atoms with Gasteiger partial charge in [0, 0.05) is 44.5 Å². The van der Waals surface area contributed by atoms with E-state index >= 15 is 0 Å². The lowest BCUT2D eigenvalue weighted by Crippen LogP contribution is -2.65. The number of carbonyl (C=O) groups excluding carboxylic acids is 3. The molecule has 4 rings (SSSR count). The number of halogens is 6. The highest BCUT2D eigenvalue weighted by Gasteiger charge is 2.51. The van der Waals surface area contributed by atoms with Crippen LogP contribution in [0.15, 0.2) is 12.3 Å². The highest BCUT2D eigenvalue weighted by Crippen LogP contribution is 2.40. The fraction of sp³-hybridized carbons (Fsp3) is 0.667. The van der Waals surface area contributed by atoms with Crippen molar-refractivity contribution in [3.05, 3.63) is 17.8 Å². The Hall–Kier alpha value is -3.18. The lowest BCUT2D eigenvalue weighted by Gasteiger charge is -2.47. The summed E-state index contributed by atoms with van der Waals surface area (Å²) in [7, 11) is 0. The van der Waals surface area contributed by atoms with Gasteiger partial charge in [0.2, 0.25) is 11.8 Å². The Bertz CT molecular complexity index is 1150.